The first kappa shape index (κ1) is 13.2. The number of aliphatic carboxylic acids is 1. The summed E-state index contributed by atoms with van der Waals surface area (Å²) in [6, 6.07) is 0.224. The molecule has 0 bridgehead atoms. The van der Waals surface area contributed by atoms with Crippen molar-refractivity contribution in [3.05, 3.63) is 0 Å². The highest BCUT2D eigenvalue weighted by molar-refractivity contribution is 5.80. The van der Waals surface area contributed by atoms with Crippen LogP contribution in [0, 0.1) is 5.41 Å². The summed E-state index contributed by atoms with van der Waals surface area (Å²) in [5.74, 6) is -0.761. The Morgan fingerprint density at radius 3 is 2.67 bits per heavy atom. The lowest BCUT2D eigenvalue weighted by atomic mass is 9.83. The molecule has 1 unspecified atom stereocenters. The van der Waals surface area contributed by atoms with Gasteiger partial charge in [0, 0.05) is 19.1 Å². The maximum Gasteiger partial charge on any atom is 0.317 e. The van der Waals surface area contributed by atoms with Crippen molar-refractivity contribution in [2.24, 2.45) is 5.41 Å². The molecule has 18 heavy (non-hydrogen) atoms. The molecule has 5 heteroatoms. The van der Waals surface area contributed by atoms with E-state index in [-0.39, 0.29) is 6.03 Å². The normalized spacial score (nSPS) is 27.9. The third-order valence-electron chi connectivity index (χ3n) is 4.26. The van der Waals surface area contributed by atoms with Gasteiger partial charge in [-0.25, -0.2) is 4.79 Å². The predicted molar refractivity (Wildman–Crippen MR) is 67.3 cm³/mol. The molecule has 0 aromatic heterocycles. The van der Waals surface area contributed by atoms with E-state index in [9.17, 15) is 14.7 Å². The molecule has 0 radical (unpaired) electrons. The van der Waals surface area contributed by atoms with Crippen molar-refractivity contribution in [3.8, 4) is 0 Å². The summed E-state index contributed by atoms with van der Waals surface area (Å²) in [5, 5.41) is 12.3. The van der Waals surface area contributed by atoms with Crippen LogP contribution in [-0.4, -0.2) is 41.1 Å². The molecule has 1 saturated carbocycles. The molecule has 1 aliphatic carbocycles. The number of carbonyl (C=O) groups excluding carboxylic acids is 1. The second-order valence-corrected chi connectivity index (χ2v) is 5.58. The third-order valence-corrected chi connectivity index (χ3v) is 4.26. The molecule has 5 nitrogen and oxygen atoms in total. The summed E-state index contributed by atoms with van der Waals surface area (Å²) in [5.41, 5.74) is -0.717. The summed E-state index contributed by atoms with van der Waals surface area (Å²) in [6.07, 6.45) is 5.35. The number of urea groups is 1. The topological polar surface area (TPSA) is 69.6 Å². The van der Waals surface area contributed by atoms with E-state index in [1.54, 1.807) is 4.90 Å². The minimum atomic E-state index is -0.761. The number of hydrogen-bond donors (Lipinski definition) is 2. The van der Waals surface area contributed by atoms with E-state index in [1.807, 2.05) is 6.92 Å². The van der Waals surface area contributed by atoms with Crippen LogP contribution < -0.4 is 5.32 Å². The van der Waals surface area contributed by atoms with Gasteiger partial charge in [0.2, 0.25) is 0 Å². The summed E-state index contributed by atoms with van der Waals surface area (Å²) >= 11 is 0. The SMILES string of the molecule is CCCC1(C(=O)O)CCN(C(=O)NC2CCC2)C1. The molecule has 1 atom stereocenters. The van der Waals surface area contributed by atoms with Gasteiger partial charge in [-0.15, -0.1) is 0 Å². The van der Waals surface area contributed by atoms with E-state index in [0.29, 0.717) is 32.0 Å². The second-order valence-electron chi connectivity index (χ2n) is 5.58. The maximum absolute atomic E-state index is 12.0. The lowest BCUT2D eigenvalue weighted by Crippen LogP contribution is -2.47. The number of nitrogens with zero attached hydrogens (tertiary/aromatic N) is 1. The van der Waals surface area contributed by atoms with Gasteiger partial charge in [-0.3, -0.25) is 4.79 Å². The van der Waals surface area contributed by atoms with Crippen LogP contribution in [0.3, 0.4) is 0 Å². The lowest BCUT2D eigenvalue weighted by Gasteiger charge is -2.30. The van der Waals surface area contributed by atoms with E-state index in [2.05, 4.69) is 5.32 Å². The predicted octanol–water partition coefficient (Wildman–Crippen LogP) is 1.83. The Kier molecular flexibility index (Phi) is 3.78. The Morgan fingerprint density at radius 2 is 2.17 bits per heavy atom. The zero-order chi connectivity index (χ0) is 13.2. The molecule has 1 aliphatic heterocycles. The van der Waals surface area contributed by atoms with E-state index >= 15 is 0 Å². The largest absolute Gasteiger partial charge is 0.481 e. The van der Waals surface area contributed by atoms with Gasteiger partial charge in [0.1, 0.15) is 0 Å². The van der Waals surface area contributed by atoms with Crippen molar-refractivity contribution in [1.82, 2.24) is 10.2 Å². The van der Waals surface area contributed by atoms with Gasteiger partial charge >= 0.3 is 12.0 Å². The Hall–Kier alpha value is -1.26. The van der Waals surface area contributed by atoms with Crippen molar-refractivity contribution in [1.29, 1.82) is 0 Å². The van der Waals surface area contributed by atoms with Crippen LogP contribution in [0.1, 0.15) is 45.4 Å². The lowest BCUT2D eigenvalue weighted by molar-refractivity contribution is -0.148. The standard InChI is InChI=1S/C13H22N2O3/c1-2-6-13(11(16)17)7-8-15(9-13)12(18)14-10-4-3-5-10/h10H,2-9H2,1H3,(H,14,18)(H,16,17). The minimum Gasteiger partial charge on any atom is -0.481 e. The van der Waals surface area contributed by atoms with Gasteiger partial charge in [0.15, 0.2) is 0 Å². The summed E-state index contributed by atoms with van der Waals surface area (Å²) in [4.78, 5) is 25.1. The van der Waals surface area contributed by atoms with E-state index in [4.69, 9.17) is 0 Å². The average molecular weight is 254 g/mol. The van der Waals surface area contributed by atoms with Gasteiger partial charge in [-0.2, -0.15) is 0 Å². The first-order valence-electron chi connectivity index (χ1n) is 6.86. The highest BCUT2D eigenvalue weighted by Gasteiger charge is 2.45. The van der Waals surface area contributed by atoms with Gasteiger partial charge in [0.25, 0.3) is 0 Å². The fourth-order valence-electron chi connectivity index (χ4n) is 2.83. The van der Waals surface area contributed by atoms with Gasteiger partial charge in [0.05, 0.1) is 5.41 Å². The second kappa shape index (κ2) is 5.16. The van der Waals surface area contributed by atoms with Crippen molar-refractivity contribution >= 4 is 12.0 Å². The van der Waals surface area contributed by atoms with Crippen molar-refractivity contribution in [2.75, 3.05) is 13.1 Å². The number of carboxylic acid groups (broad SMARTS) is 1. The van der Waals surface area contributed by atoms with Crippen LogP contribution in [0.4, 0.5) is 4.79 Å². The summed E-state index contributed by atoms with van der Waals surface area (Å²) < 4.78 is 0. The molecule has 2 aliphatic rings. The number of likely N-dealkylation sites (tertiary alicyclic amines) is 1. The summed E-state index contributed by atoms with van der Waals surface area (Å²) in [6.45, 7) is 2.90. The van der Waals surface area contributed by atoms with E-state index in [1.165, 1.54) is 6.42 Å². The number of nitrogens with one attached hydrogen (secondary N) is 1. The minimum absolute atomic E-state index is 0.0843. The molecule has 1 heterocycles. The fourth-order valence-corrected chi connectivity index (χ4v) is 2.83. The van der Waals surface area contributed by atoms with Crippen LogP contribution in [0.25, 0.3) is 0 Å². The molecule has 2 rings (SSSR count). The molecule has 1 saturated heterocycles. The molecule has 0 spiro atoms. The van der Waals surface area contributed by atoms with Crippen LogP contribution >= 0.6 is 0 Å². The first-order chi connectivity index (χ1) is 8.57. The number of amides is 2. The average Bonchev–Trinajstić information content (AvgIpc) is 2.69. The highest BCUT2D eigenvalue weighted by atomic mass is 16.4. The molecule has 2 fully saturated rings. The molecule has 0 aromatic carbocycles. The van der Waals surface area contributed by atoms with Crippen LogP contribution in [-0.2, 0) is 4.79 Å². The molecule has 102 valence electrons. The Morgan fingerprint density at radius 1 is 1.44 bits per heavy atom. The Balaban J connectivity index is 1.92. The molecule has 0 aromatic rings. The van der Waals surface area contributed by atoms with E-state index in [0.717, 1.165) is 19.3 Å². The first-order valence-corrected chi connectivity index (χ1v) is 6.86. The van der Waals surface area contributed by atoms with Gasteiger partial charge in [-0.1, -0.05) is 13.3 Å². The van der Waals surface area contributed by atoms with Crippen LogP contribution in [0.5, 0.6) is 0 Å². The highest BCUT2D eigenvalue weighted by Crippen LogP contribution is 2.35. The number of carbonyl (C=O) groups is 2. The van der Waals surface area contributed by atoms with Crippen molar-refractivity contribution < 1.29 is 14.7 Å². The summed E-state index contributed by atoms with van der Waals surface area (Å²) in [7, 11) is 0. The van der Waals surface area contributed by atoms with Crippen LogP contribution in [0.15, 0.2) is 0 Å². The van der Waals surface area contributed by atoms with Crippen molar-refractivity contribution in [3.63, 3.8) is 0 Å². The molecular formula is C13H22N2O3. The van der Waals surface area contributed by atoms with E-state index < -0.39 is 11.4 Å². The number of rotatable bonds is 4. The van der Waals surface area contributed by atoms with Crippen molar-refractivity contribution in [2.45, 2.75) is 51.5 Å². The third kappa shape index (κ3) is 2.44. The Labute approximate surface area is 108 Å². The molecule has 2 N–H and O–H groups in total. The zero-order valence-corrected chi connectivity index (χ0v) is 10.9. The van der Waals surface area contributed by atoms with Crippen LogP contribution in [0.2, 0.25) is 0 Å². The number of carboxylic acids is 1. The quantitative estimate of drug-likeness (QED) is 0.804. The Bertz CT molecular complexity index is 341. The number of hydrogen-bond acceptors (Lipinski definition) is 2. The molecular weight excluding hydrogens is 232 g/mol. The maximum atomic E-state index is 12.0. The van der Waals surface area contributed by atoms with Gasteiger partial charge in [-0.05, 0) is 32.1 Å². The fraction of sp³-hybridized carbons (Fsp3) is 0.846. The van der Waals surface area contributed by atoms with Gasteiger partial charge < -0.3 is 15.3 Å². The smallest absolute Gasteiger partial charge is 0.317 e. The molecule has 2 amide bonds. The zero-order valence-electron chi connectivity index (χ0n) is 10.9. The monoisotopic (exact) mass is 254 g/mol.